The van der Waals surface area contributed by atoms with Crippen LogP contribution in [-0.4, -0.2) is 9.78 Å². The minimum atomic E-state index is 0.341. The number of nitrogens with zero attached hydrogens (tertiary/aromatic N) is 3. The van der Waals surface area contributed by atoms with Gasteiger partial charge in [-0.2, -0.15) is 10.4 Å². The molecule has 1 aromatic heterocycles. The molecule has 1 aromatic rings. The van der Waals surface area contributed by atoms with E-state index < -0.39 is 0 Å². The number of nitriles is 1. The van der Waals surface area contributed by atoms with Gasteiger partial charge in [0.15, 0.2) is 0 Å². The van der Waals surface area contributed by atoms with E-state index in [9.17, 15) is 0 Å². The van der Waals surface area contributed by atoms with Gasteiger partial charge in [-0.1, -0.05) is 13.8 Å². The molecule has 76 valence electrons. The fourth-order valence-electron chi connectivity index (χ4n) is 1.21. The van der Waals surface area contributed by atoms with Crippen molar-refractivity contribution >= 4 is 5.82 Å². The average Bonchev–Trinajstić information content (AvgIpc) is 2.46. The molecule has 0 amide bonds. The molecule has 0 radical (unpaired) electrons. The molecule has 0 unspecified atom stereocenters. The third kappa shape index (κ3) is 2.49. The molecule has 0 saturated heterocycles. The van der Waals surface area contributed by atoms with Gasteiger partial charge < -0.3 is 5.73 Å². The Kier molecular flexibility index (Phi) is 3.52. The van der Waals surface area contributed by atoms with Crippen LogP contribution in [0.3, 0.4) is 0 Å². The average molecular weight is 192 g/mol. The van der Waals surface area contributed by atoms with Crippen molar-refractivity contribution in [1.82, 2.24) is 9.78 Å². The number of anilines is 1. The van der Waals surface area contributed by atoms with Crippen molar-refractivity contribution in [2.75, 3.05) is 5.73 Å². The predicted octanol–water partition coefficient (Wildman–Crippen LogP) is 1.58. The van der Waals surface area contributed by atoms with Crippen LogP contribution in [0, 0.1) is 17.2 Å². The summed E-state index contributed by atoms with van der Waals surface area (Å²) in [5.74, 6) is 1.27. The number of rotatable bonds is 4. The van der Waals surface area contributed by atoms with Crippen molar-refractivity contribution in [2.45, 2.75) is 33.2 Å². The van der Waals surface area contributed by atoms with Crippen molar-refractivity contribution in [1.29, 1.82) is 5.26 Å². The summed E-state index contributed by atoms with van der Waals surface area (Å²) in [5.41, 5.74) is 6.65. The Labute approximate surface area is 84.3 Å². The number of nitrogens with two attached hydrogens (primary N) is 1. The van der Waals surface area contributed by atoms with Gasteiger partial charge in [0, 0.05) is 12.1 Å². The number of nitrogen functional groups attached to an aromatic ring is 1. The van der Waals surface area contributed by atoms with Crippen LogP contribution in [0.5, 0.6) is 0 Å². The maximum absolute atomic E-state index is 8.53. The highest BCUT2D eigenvalue weighted by Crippen LogP contribution is 2.13. The first-order valence-corrected chi connectivity index (χ1v) is 4.82. The molecule has 0 aliphatic rings. The quantitative estimate of drug-likeness (QED) is 0.787. The number of aryl methyl sites for hydroxylation is 1. The molecule has 4 heteroatoms. The SMILES string of the molecule is CC(C)CCn1ncc(CC#N)c1N. The van der Waals surface area contributed by atoms with E-state index in [2.05, 4.69) is 25.0 Å². The summed E-state index contributed by atoms with van der Waals surface area (Å²) in [7, 11) is 0. The second-order valence-corrected chi connectivity index (χ2v) is 3.80. The molecule has 0 aliphatic carbocycles. The zero-order chi connectivity index (χ0) is 10.6. The van der Waals surface area contributed by atoms with Gasteiger partial charge in [0.2, 0.25) is 0 Å². The van der Waals surface area contributed by atoms with Crippen LogP contribution in [0.4, 0.5) is 5.82 Å². The fourth-order valence-corrected chi connectivity index (χ4v) is 1.21. The van der Waals surface area contributed by atoms with Crippen LogP contribution < -0.4 is 5.73 Å². The normalized spacial score (nSPS) is 10.4. The van der Waals surface area contributed by atoms with Gasteiger partial charge in [0.1, 0.15) is 5.82 Å². The van der Waals surface area contributed by atoms with Gasteiger partial charge in [0.25, 0.3) is 0 Å². The summed E-state index contributed by atoms with van der Waals surface area (Å²) in [4.78, 5) is 0. The second kappa shape index (κ2) is 4.66. The van der Waals surface area contributed by atoms with Crippen LogP contribution in [0.15, 0.2) is 6.20 Å². The molecule has 0 saturated carbocycles. The molecule has 0 aliphatic heterocycles. The zero-order valence-electron chi connectivity index (χ0n) is 8.70. The van der Waals surface area contributed by atoms with Gasteiger partial charge in [-0.05, 0) is 12.3 Å². The van der Waals surface area contributed by atoms with Crippen LogP contribution in [0.1, 0.15) is 25.8 Å². The summed E-state index contributed by atoms with van der Waals surface area (Å²) in [6.07, 6.45) is 3.07. The summed E-state index contributed by atoms with van der Waals surface area (Å²) in [6.45, 7) is 5.15. The second-order valence-electron chi connectivity index (χ2n) is 3.80. The van der Waals surface area contributed by atoms with Gasteiger partial charge in [0.05, 0.1) is 18.7 Å². The Morgan fingerprint density at radius 1 is 1.64 bits per heavy atom. The van der Waals surface area contributed by atoms with E-state index in [0.717, 1.165) is 18.5 Å². The smallest absolute Gasteiger partial charge is 0.125 e. The van der Waals surface area contributed by atoms with E-state index in [1.165, 1.54) is 0 Å². The van der Waals surface area contributed by atoms with Gasteiger partial charge in [-0.25, -0.2) is 4.68 Å². The van der Waals surface area contributed by atoms with Crippen molar-refractivity contribution in [3.63, 3.8) is 0 Å². The van der Waals surface area contributed by atoms with Crippen LogP contribution in [0.25, 0.3) is 0 Å². The minimum absolute atomic E-state index is 0.341. The topological polar surface area (TPSA) is 67.6 Å². The lowest BCUT2D eigenvalue weighted by atomic mass is 10.1. The molecule has 4 nitrogen and oxygen atoms in total. The Morgan fingerprint density at radius 2 is 2.36 bits per heavy atom. The number of hydrogen-bond donors (Lipinski definition) is 1. The molecule has 0 atom stereocenters. The standard InChI is InChI=1S/C10H16N4/c1-8(2)4-6-14-10(12)9(3-5-11)7-13-14/h7-8H,3-4,6,12H2,1-2H3. The van der Waals surface area contributed by atoms with Gasteiger partial charge >= 0.3 is 0 Å². The Hall–Kier alpha value is -1.50. The molecule has 0 spiro atoms. The Bertz CT molecular complexity index is 332. The molecule has 1 rings (SSSR count). The van der Waals surface area contributed by atoms with E-state index in [4.69, 9.17) is 11.0 Å². The lowest BCUT2D eigenvalue weighted by Crippen LogP contribution is -2.07. The first-order chi connectivity index (χ1) is 6.65. The third-order valence-electron chi connectivity index (χ3n) is 2.15. The van der Waals surface area contributed by atoms with E-state index >= 15 is 0 Å². The molecule has 0 aromatic carbocycles. The first kappa shape index (κ1) is 10.6. The predicted molar refractivity (Wildman–Crippen MR) is 55.4 cm³/mol. The molecule has 0 fully saturated rings. The summed E-state index contributed by atoms with van der Waals surface area (Å²) < 4.78 is 1.77. The van der Waals surface area contributed by atoms with E-state index in [-0.39, 0.29) is 0 Å². The molecular weight excluding hydrogens is 176 g/mol. The maximum atomic E-state index is 8.53. The van der Waals surface area contributed by atoms with E-state index in [0.29, 0.717) is 18.2 Å². The van der Waals surface area contributed by atoms with Gasteiger partial charge in [-0.3, -0.25) is 0 Å². The minimum Gasteiger partial charge on any atom is -0.384 e. The molecular formula is C10H16N4. The van der Waals surface area contributed by atoms with Crippen molar-refractivity contribution < 1.29 is 0 Å². The van der Waals surface area contributed by atoms with Gasteiger partial charge in [-0.15, -0.1) is 0 Å². The lowest BCUT2D eigenvalue weighted by molar-refractivity contribution is 0.491. The largest absolute Gasteiger partial charge is 0.384 e. The molecule has 2 N–H and O–H groups in total. The van der Waals surface area contributed by atoms with E-state index in [1.807, 2.05) is 0 Å². The zero-order valence-corrected chi connectivity index (χ0v) is 8.70. The lowest BCUT2D eigenvalue weighted by Gasteiger charge is -2.06. The highest BCUT2D eigenvalue weighted by Gasteiger charge is 2.06. The van der Waals surface area contributed by atoms with Crippen LogP contribution in [0.2, 0.25) is 0 Å². The van der Waals surface area contributed by atoms with Crippen molar-refractivity contribution in [3.8, 4) is 6.07 Å². The van der Waals surface area contributed by atoms with Crippen molar-refractivity contribution in [3.05, 3.63) is 11.8 Å². The number of hydrogen-bond acceptors (Lipinski definition) is 3. The first-order valence-electron chi connectivity index (χ1n) is 4.82. The maximum Gasteiger partial charge on any atom is 0.125 e. The summed E-state index contributed by atoms with van der Waals surface area (Å²) in [5, 5.41) is 12.7. The monoisotopic (exact) mass is 192 g/mol. The molecule has 0 bridgehead atoms. The highest BCUT2D eigenvalue weighted by atomic mass is 15.3. The highest BCUT2D eigenvalue weighted by molar-refractivity contribution is 5.40. The fraction of sp³-hybridized carbons (Fsp3) is 0.600. The van der Waals surface area contributed by atoms with E-state index in [1.54, 1.807) is 10.9 Å². The van der Waals surface area contributed by atoms with Crippen LogP contribution in [-0.2, 0) is 13.0 Å². The van der Waals surface area contributed by atoms with Crippen molar-refractivity contribution in [2.24, 2.45) is 5.92 Å². The Morgan fingerprint density at radius 3 is 2.93 bits per heavy atom. The Balaban J connectivity index is 2.65. The number of aromatic nitrogens is 2. The summed E-state index contributed by atoms with van der Waals surface area (Å²) in [6, 6.07) is 2.07. The molecule has 14 heavy (non-hydrogen) atoms. The molecule has 1 heterocycles. The summed E-state index contributed by atoms with van der Waals surface area (Å²) >= 11 is 0. The third-order valence-corrected chi connectivity index (χ3v) is 2.15. The van der Waals surface area contributed by atoms with Crippen LogP contribution >= 0.6 is 0 Å².